The third kappa shape index (κ3) is 10.8. The van der Waals surface area contributed by atoms with Gasteiger partial charge in [0.2, 0.25) is 0 Å². The van der Waals surface area contributed by atoms with E-state index in [4.69, 9.17) is 0 Å². The van der Waals surface area contributed by atoms with Gasteiger partial charge in [0.1, 0.15) is 25.1 Å². The van der Waals surface area contributed by atoms with Crippen molar-refractivity contribution in [2.24, 2.45) is 0 Å². The molecule has 2 aromatic rings. The van der Waals surface area contributed by atoms with Crippen LogP contribution in [-0.2, 0) is 18.3 Å². The van der Waals surface area contributed by atoms with Crippen LogP contribution in [0.5, 0.6) is 0 Å². The van der Waals surface area contributed by atoms with Gasteiger partial charge in [-0.3, -0.25) is 18.3 Å². The topological polar surface area (TPSA) is 243 Å². The van der Waals surface area contributed by atoms with E-state index in [-0.39, 0.29) is 39.0 Å². The number of anilines is 4. The number of fused-ring (bicyclic) bond motifs is 2. The van der Waals surface area contributed by atoms with Gasteiger partial charge in [-0.05, 0) is 12.8 Å². The zero-order valence-electron chi connectivity index (χ0n) is 21.0. The molecule has 2 aromatic heterocycles. The summed E-state index contributed by atoms with van der Waals surface area (Å²) >= 11 is 2.32. The summed E-state index contributed by atoms with van der Waals surface area (Å²) in [7, 11) is -18.4. The lowest BCUT2D eigenvalue weighted by atomic mass is 10.2. The van der Waals surface area contributed by atoms with E-state index in [1.54, 1.807) is 21.5 Å². The predicted molar refractivity (Wildman–Crippen MR) is 155 cm³/mol. The molecule has 3 heterocycles. The SMILES string of the molecule is O=P(O)(O)CN1CCCN(CP(=O)(O)O)c2cscc2N(CP(=O)(O)O)CCCN(CP(=O)(O)O)c2cscc21. The summed E-state index contributed by atoms with van der Waals surface area (Å²) in [6.07, 6.45) is -2.47. The van der Waals surface area contributed by atoms with Crippen LogP contribution in [0.25, 0.3) is 0 Å². The van der Waals surface area contributed by atoms with Crippen LogP contribution in [0.2, 0.25) is 0 Å². The maximum absolute atomic E-state index is 12.0. The van der Waals surface area contributed by atoms with Crippen LogP contribution >= 0.6 is 53.1 Å². The van der Waals surface area contributed by atoms with E-state index in [0.29, 0.717) is 22.7 Å². The first-order valence-electron chi connectivity index (χ1n) is 11.6. The van der Waals surface area contributed by atoms with Crippen molar-refractivity contribution in [3.8, 4) is 0 Å². The van der Waals surface area contributed by atoms with Crippen LogP contribution in [0.4, 0.5) is 22.7 Å². The van der Waals surface area contributed by atoms with E-state index in [1.807, 2.05) is 0 Å². The Bertz CT molecular complexity index is 1140. The van der Waals surface area contributed by atoms with Gasteiger partial charge in [-0.25, -0.2) is 0 Å². The monoisotopic (exact) mass is 684 g/mol. The minimum Gasteiger partial charge on any atom is -0.357 e. The first-order valence-corrected chi connectivity index (χ1v) is 20.7. The van der Waals surface area contributed by atoms with Crippen LogP contribution in [0.3, 0.4) is 0 Å². The first-order chi connectivity index (χ1) is 18.3. The maximum atomic E-state index is 12.0. The summed E-state index contributed by atoms with van der Waals surface area (Å²) in [5.41, 5.74) is 1.29. The van der Waals surface area contributed by atoms with E-state index >= 15 is 0 Å². The van der Waals surface area contributed by atoms with Crippen molar-refractivity contribution in [3.63, 3.8) is 0 Å². The molecule has 0 bridgehead atoms. The number of hydrogen-bond acceptors (Lipinski definition) is 10. The second-order valence-electron chi connectivity index (χ2n) is 9.27. The fraction of sp³-hybridized carbons (Fsp3) is 0.556. The molecule has 0 saturated heterocycles. The summed E-state index contributed by atoms with van der Waals surface area (Å²) in [4.78, 5) is 83.4. The zero-order valence-corrected chi connectivity index (χ0v) is 26.2. The number of rotatable bonds is 8. The van der Waals surface area contributed by atoms with E-state index in [0.717, 1.165) is 22.7 Å². The van der Waals surface area contributed by atoms with Gasteiger partial charge in [-0.2, -0.15) is 0 Å². The molecule has 1 aliphatic heterocycles. The Kier molecular flexibility index (Phi) is 11.1. The van der Waals surface area contributed by atoms with Crippen molar-refractivity contribution in [1.82, 2.24) is 0 Å². The van der Waals surface area contributed by atoms with Gasteiger partial charge in [0.15, 0.2) is 0 Å². The molecule has 3 rings (SSSR count). The second-order valence-corrected chi connectivity index (χ2v) is 17.2. The van der Waals surface area contributed by atoms with Crippen molar-refractivity contribution in [1.29, 1.82) is 0 Å². The van der Waals surface area contributed by atoms with Crippen molar-refractivity contribution in [2.45, 2.75) is 12.8 Å². The molecule has 8 N–H and O–H groups in total. The van der Waals surface area contributed by atoms with E-state index in [2.05, 4.69) is 0 Å². The van der Waals surface area contributed by atoms with Crippen LogP contribution in [0.15, 0.2) is 21.5 Å². The van der Waals surface area contributed by atoms with Crippen LogP contribution < -0.4 is 19.6 Å². The van der Waals surface area contributed by atoms with Gasteiger partial charge in [0.05, 0.1) is 22.7 Å². The molecule has 22 heteroatoms. The Hall–Kier alpha value is -0.800. The molecule has 228 valence electrons. The Morgan fingerprint density at radius 2 is 0.675 bits per heavy atom. The summed E-state index contributed by atoms with van der Waals surface area (Å²) in [6.45, 7) is 0.0632. The predicted octanol–water partition coefficient (Wildman–Crippen LogP) is 2.07. The summed E-state index contributed by atoms with van der Waals surface area (Å²) in [6, 6.07) is 0. The highest BCUT2D eigenvalue weighted by Crippen LogP contribution is 2.46. The normalized spacial score (nSPS) is 17.0. The third-order valence-electron chi connectivity index (χ3n) is 5.74. The van der Waals surface area contributed by atoms with Crippen LogP contribution in [0, 0.1) is 0 Å². The molecule has 1 aliphatic rings. The standard InChI is InChI=1S/C18H32N4O12P4S2/c23-35(24,25)11-19-3-1-4-20(12-36(26,27)28)16-8-40-10-18(16)22(14-38(32,33)34)6-2-5-21(13-37(29,30)31)17-9-39-7-15(17)19/h7-10H,1-6,11-14H2,(H2,23,24,25)(H2,26,27,28)(H2,29,30,31)(H2,32,33,34). The minimum atomic E-state index is -4.60. The second kappa shape index (κ2) is 13.2. The van der Waals surface area contributed by atoms with Gasteiger partial charge >= 0.3 is 30.4 Å². The van der Waals surface area contributed by atoms with Crippen molar-refractivity contribution >= 4 is 75.8 Å². The van der Waals surface area contributed by atoms with Crippen molar-refractivity contribution in [3.05, 3.63) is 21.5 Å². The van der Waals surface area contributed by atoms with Gasteiger partial charge in [-0.15, -0.1) is 22.7 Å². The van der Waals surface area contributed by atoms with Gasteiger partial charge in [-0.1, -0.05) is 0 Å². The average Bonchev–Trinajstić information content (AvgIpc) is 3.42. The molecule has 0 aliphatic carbocycles. The molecule has 0 unspecified atom stereocenters. The molecule has 0 fully saturated rings. The van der Waals surface area contributed by atoms with Crippen molar-refractivity contribution < 1.29 is 57.4 Å². The molecule has 0 saturated carbocycles. The van der Waals surface area contributed by atoms with E-state index in [1.165, 1.54) is 19.6 Å². The highest BCUT2D eigenvalue weighted by Gasteiger charge is 2.30. The Morgan fingerprint density at radius 3 is 0.850 bits per heavy atom. The summed E-state index contributed by atoms with van der Waals surface area (Å²) in [5, 5.41) is 6.37. The molecule has 40 heavy (non-hydrogen) atoms. The fourth-order valence-electron chi connectivity index (χ4n) is 4.38. The van der Waals surface area contributed by atoms with Crippen LogP contribution in [0.1, 0.15) is 12.8 Å². The molecule has 0 spiro atoms. The molecule has 0 atom stereocenters. The highest BCUT2D eigenvalue weighted by molar-refractivity contribution is 7.52. The number of nitrogens with zero attached hydrogens (tertiary/aromatic N) is 4. The summed E-state index contributed by atoms with van der Waals surface area (Å²) < 4.78 is 47.9. The van der Waals surface area contributed by atoms with E-state index in [9.17, 15) is 57.4 Å². The highest BCUT2D eigenvalue weighted by atomic mass is 32.1. The average molecular weight is 685 g/mol. The Balaban J connectivity index is 2.09. The minimum absolute atomic E-state index is 0.0158. The molecule has 0 amide bonds. The fourth-order valence-corrected chi connectivity index (χ4v) is 9.06. The maximum Gasteiger partial charge on any atom is 0.344 e. The first kappa shape index (κ1) is 33.7. The largest absolute Gasteiger partial charge is 0.357 e. The zero-order chi connectivity index (χ0) is 29.9. The molecule has 0 radical (unpaired) electrons. The summed E-state index contributed by atoms with van der Waals surface area (Å²) in [5.74, 6) is 0. The lowest BCUT2D eigenvalue weighted by Crippen LogP contribution is -2.36. The molecule has 0 aromatic carbocycles. The van der Waals surface area contributed by atoms with Gasteiger partial charge < -0.3 is 58.7 Å². The molecule has 16 nitrogen and oxygen atoms in total. The van der Waals surface area contributed by atoms with Gasteiger partial charge in [0, 0.05) is 47.7 Å². The molecular formula is C18H32N4O12P4S2. The van der Waals surface area contributed by atoms with E-state index < -0.39 is 55.5 Å². The van der Waals surface area contributed by atoms with Crippen LogP contribution in [-0.4, -0.2) is 90.5 Å². The van der Waals surface area contributed by atoms with Gasteiger partial charge in [0.25, 0.3) is 0 Å². The molecular weight excluding hydrogens is 652 g/mol. The smallest absolute Gasteiger partial charge is 0.344 e. The van der Waals surface area contributed by atoms with Crippen molar-refractivity contribution in [2.75, 3.05) is 70.9 Å². The quantitative estimate of drug-likeness (QED) is 0.186. The Labute approximate surface area is 238 Å². The Morgan fingerprint density at radius 1 is 0.475 bits per heavy atom. The number of hydrogen-bond donors (Lipinski definition) is 8. The lowest BCUT2D eigenvalue weighted by molar-refractivity contribution is 0.368. The number of thiophene rings is 2. The third-order valence-corrected chi connectivity index (χ3v) is 10.0. The lowest BCUT2D eigenvalue weighted by Gasteiger charge is -2.34.